The van der Waals surface area contributed by atoms with Crippen LogP contribution in [0.25, 0.3) is 5.57 Å². The maximum absolute atomic E-state index is 13.6. The van der Waals surface area contributed by atoms with Gasteiger partial charge in [0.25, 0.3) is 11.8 Å². The summed E-state index contributed by atoms with van der Waals surface area (Å²) in [6.45, 7) is 3.88. The number of anilines is 1. The molecule has 0 spiro atoms. The molecule has 0 unspecified atom stereocenters. The number of aryl methyl sites for hydroxylation is 1. The smallest absolute Gasteiger partial charge is 0.272 e. The number of carbonyl (C=O) groups excluding carboxylic acids is 2. The molecule has 0 fully saturated rings. The number of methoxy groups -OCH3 is 1. The Morgan fingerprint density at radius 1 is 0.871 bits per heavy atom. The van der Waals surface area contributed by atoms with Gasteiger partial charge >= 0.3 is 0 Å². The van der Waals surface area contributed by atoms with E-state index in [1.54, 1.807) is 49.6 Å². The molecule has 0 saturated heterocycles. The van der Waals surface area contributed by atoms with Crippen LogP contribution in [-0.4, -0.2) is 18.9 Å². The topological polar surface area (TPSA) is 46.6 Å². The lowest BCUT2D eigenvalue weighted by Gasteiger charge is -2.19. The standard InChI is InChI=1S/C25H20ClNO3S/c1-15-5-4-6-21(16(15)2)27-24(28)22(17-7-11-19(30-3)12-8-17)23(25(27)29)31-20-13-9-18(26)10-14-20/h4-14H,1-3H3. The molecule has 1 aliphatic heterocycles. The molecule has 3 aromatic carbocycles. The third-order valence-electron chi connectivity index (χ3n) is 5.27. The van der Waals surface area contributed by atoms with Gasteiger partial charge in [0.2, 0.25) is 0 Å². The average Bonchev–Trinajstić information content (AvgIpc) is 3.01. The lowest BCUT2D eigenvalue weighted by Crippen LogP contribution is -2.32. The van der Waals surface area contributed by atoms with Crippen molar-refractivity contribution in [3.63, 3.8) is 0 Å². The molecule has 31 heavy (non-hydrogen) atoms. The monoisotopic (exact) mass is 449 g/mol. The summed E-state index contributed by atoms with van der Waals surface area (Å²) >= 11 is 7.28. The normalized spacial score (nSPS) is 13.9. The molecule has 156 valence electrons. The maximum Gasteiger partial charge on any atom is 0.272 e. The van der Waals surface area contributed by atoms with Gasteiger partial charge in [-0.25, -0.2) is 4.90 Å². The van der Waals surface area contributed by atoms with Crippen LogP contribution in [0.5, 0.6) is 5.75 Å². The largest absolute Gasteiger partial charge is 0.497 e. The summed E-state index contributed by atoms with van der Waals surface area (Å²) in [4.78, 5) is 29.6. The summed E-state index contributed by atoms with van der Waals surface area (Å²) in [6.07, 6.45) is 0. The van der Waals surface area contributed by atoms with Gasteiger partial charge in [0.1, 0.15) is 5.75 Å². The van der Waals surface area contributed by atoms with Crippen LogP contribution >= 0.6 is 23.4 Å². The lowest BCUT2D eigenvalue weighted by atomic mass is 10.1. The van der Waals surface area contributed by atoms with Crippen LogP contribution in [0, 0.1) is 13.8 Å². The summed E-state index contributed by atoms with van der Waals surface area (Å²) < 4.78 is 5.24. The van der Waals surface area contributed by atoms with E-state index in [4.69, 9.17) is 16.3 Å². The summed E-state index contributed by atoms with van der Waals surface area (Å²) in [5.41, 5.74) is 3.57. The number of carbonyl (C=O) groups is 2. The Morgan fingerprint density at radius 3 is 2.19 bits per heavy atom. The van der Waals surface area contributed by atoms with Crippen molar-refractivity contribution >= 4 is 46.4 Å². The average molecular weight is 450 g/mol. The molecule has 0 aliphatic carbocycles. The number of hydrogen-bond donors (Lipinski definition) is 0. The third-order valence-corrected chi connectivity index (χ3v) is 6.61. The second-order valence-electron chi connectivity index (χ2n) is 7.15. The van der Waals surface area contributed by atoms with Crippen molar-refractivity contribution in [3.05, 3.63) is 93.3 Å². The Labute approximate surface area is 190 Å². The maximum atomic E-state index is 13.6. The van der Waals surface area contributed by atoms with Crippen LogP contribution in [0.1, 0.15) is 16.7 Å². The number of hydrogen-bond acceptors (Lipinski definition) is 4. The Hall–Kier alpha value is -3.02. The predicted octanol–water partition coefficient (Wildman–Crippen LogP) is 6.04. The van der Waals surface area contributed by atoms with E-state index < -0.39 is 0 Å². The van der Waals surface area contributed by atoms with Crippen LogP contribution in [0.4, 0.5) is 5.69 Å². The number of imide groups is 1. The minimum absolute atomic E-state index is 0.329. The van der Waals surface area contributed by atoms with Crippen LogP contribution in [-0.2, 0) is 9.59 Å². The molecule has 3 aromatic rings. The van der Waals surface area contributed by atoms with Crippen molar-refractivity contribution in [3.8, 4) is 5.75 Å². The van der Waals surface area contributed by atoms with E-state index in [0.29, 0.717) is 32.5 Å². The zero-order chi connectivity index (χ0) is 22.1. The molecule has 0 atom stereocenters. The van der Waals surface area contributed by atoms with Gasteiger partial charge in [-0.3, -0.25) is 9.59 Å². The zero-order valence-electron chi connectivity index (χ0n) is 17.3. The molecular formula is C25H20ClNO3S. The first-order valence-electron chi connectivity index (χ1n) is 9.68. The van der Waals surface area contributed by atoms with Crippen molar-refractivity contribution in [1.82, 2.24) is 0 Å². The minimum atomic E-state index is -0.333. The Kier molecular flexibility index (Phi) is 5.90. The fraction of sp³-hybridized carbons (Fsp3) is 0.120. The van der Waals surface area contributed by atoms with E-state index in [2.05, 4.69) is 0 Å². The fourth-order valence-electron chi connectivity index (χ4n) is 3.43. The van der Waals surface area contributed by atoms with Crippen molar-refractivity contribution in [2.75, 3.05) is 12.0 Å². The van der Waals surface area contributed by atoms with Crippen molar-refractivity contribution < 1.29 is 14.3 Å². The van der Waals surface area contributed by atoms with E-state index in [-0.39, 0.29) is 11.8 Å². The molecule has 4 rings (SSSR count). The van der Waals surface area contributed by atoms with Gasteiger partial charge in [-0.1, -0.05) is 47.6 Å². The zero-order valence-corrected chi connectivity index (χ0v) is 18.9. The molecule has 0 radical (unpaired) electrons. The van der Waals surface area contributed by atoms with Crippen molar-refractivity contribution in [2.24, 2.45) is 0 Å². The van der Waals surface area contributed by atoms with Crippen LogP contribution in [0.3, 0.4) is 0 Å². The fourth-order valence-corrected chi connectivity index (χ4v) is 4.55. The molecule has 0 saturated carbocycles. The van der Waals surface area contributed by atoms with Gasteiger partial charge in [0, 0.05) is 9.92 Å². The number of amides is 2. The number of rotatable bonds is 5. The highest BCUT2D eigenvalue weighted by Gasteiger charge is 2.41. The Balaban J connectivity index is 1.83. The first-order chi connectivity index (χ1) is 14.9. The van der Waals surface area contributed by atoms with Gasteiger partial charge in [-0.2, -0.15) is 0 Å². The minimum Gasteiger partial charge on any atom is -0.497 e. The molecule has 1 aliphatic rings. The van der Waals surface area contributed by atoms with Crippen LogP contribution < -0.4 is 9.64 Å². The van der Waals surface area contributed by atoms with Gasteiger partial charge in [0.05, 0.1) is 23.3 Å². The molecule has 4 nitrogen and oxygen atoms in total. The van der Waals surface area contributed by atoms with Crippen LogP contribution in [0.2, 0.25) is 5.02 Å². The molecule has 0 N–H and O–H groups in total. The van der Waals surface area contributed by atoms with Gasteiger partial charge < -0.3 is 4.74 Å². The molecule has 0 bridgehead atoms. The van der Waals surface area contributed by atoms with E-state index in [1.807, 2.05) is 38.1 Å². The predicted molar refractivity (Wildman–Crippen MR) is 126 cm³/mol. The van der Waals surface area contributed by atoms with E-state index in [9.17, 15) is 9.59 Å². The summed E-state index contributed by atoms with van der Waals surface area (Å²) in [5, 5.41) is 0.611. The number of benzene rings is 3. The quantitative estimate of drug-likeness (QED) is 0.445. The van der Waals surface area contributed by atoms with Gasteiger partial charge in [0.15, 0.2) is 0 Å². The number of nitrogens with zero attached hydrogens (tertiary/aromatic N) is 1. The van der Waals surface area contributed by atoms with Crippen LogP contribution in [0.15, 0.2) is 76.5 Å². The molecule has 6 heteroatoms. The number of halogens is 1. The highest BCUT2D eigenvalue weighted by atomic mass is 35.5. The first-order valence-corrected chi connectivity index (χ1v) is 10.9. The van der Waals surface area contributed by atoms with E-state index in [0.717, 1.165) is 16.0 Å². The molecule has 2 amide bonds. The van der Waals surface area contributed by atoms with Gasteiger partial charge in [-0.15, -0.1) is 0 Å². The summed E-state index contributed by atoms with van der Waals surface area (Å²) in [6, 6.07) is 20.0. The van der Waals surface area contributed by atoms with Crippen molar-refractivity contribution in [2.45, 2.75) is 18.7 Å². The molecule has 1 heterocycles. The van der Waals surface area contributed by atoms with E-state index in [1.165, 1.54) is 16.7 Å². The highest BCUT2D eigenvalue weighted by Crippen LogP contribution is 2.42. The first kappa shape index (κ1) is 21.2. The second kappa shape index (κ2) is 8.61. The lowest BCUT2D eigenvalue weighted by molar-refractivity contribution is -0.119. The van der Waals surface area contributed by atoms with Crippen molar-refractivity contribution in [1.29, 1.82) is 0 Å². The summed E-state index contributed by atoms with van der Waals surface area (Å²) in [5.74, 6) is 0.0178. The summed E-state index contributed by atoms with van der Waals surface area (Å²) in [7, 11) is 1.59. The van der Waals surface area contributed by atoms with Gasteiger partial charge in [-0.05, 0) is 73.0 Å². The molecule has 0 aromatic heterocycles. The third kappa shape index (κ3) is 3.99. The number of thioether (sulfide) groups is 1. The Morgan fingerprint density at radius 2 is 1.55 bits per heavy atom. The highest BCUT2D eigenvalue weighted by molar-refractivity contribution is 8.04. The van der Waals surface area contributed by atoms with E-state index >= 15 is 0 Å². The number of ether oxygens (including phenoxy) is 1. The second-order valence-corrected chi connectivity index (χ2v) is 8.67. The Bertz CT molecular complexity index is 1200. The molecular weight excluding hydrogens is 430 g/mol. The SMILES string of the molecule is COc1ccc(C2=C(Sc3ccc(Cl)cc3)C(=O)N(c3cccc(C)c3C)C2=O)cc1.